The molecule has 0 spiro atoms. The number of hydrogen-bond acceptors (Lipinski definition) is 1. The second-order valence-corrected chi connectivity index (χ2v) is 6.22. The molecule has 1 heterocycles. The van der Waals surface area contributed by atoms with Crippen LogP contribution in [-0.4, -0.2) is 10.9 Å². The zero-order valence-electron chi connectivity index (χ0n) is 12.8. The van der Waals surface area contributed by atoms with E-state index in [1.165, 1.54) is 12.1 Å². The molecule has 3 aromatic rings. The van der Waals surface area contributed by atoms with Crippen molar-refractivity contribution in [1.29, 1.82) is 0 Å². The summed E-state index contributed by atoms with van der Waals surface area (Å²) in [4.78, 5) is 15.8. The first-order chi connectivity index (χ1) is 11.1. The number of nitrogens with one attached hydrogen (secondary N) is 2. The normalized spacial score (nSPS) is 15.6. The van der Waals surface area contributed by atoms with Gasteiger partial charge in [-0.05, 0) is 49.1 Å². The van der Waals surface area contributed by atoms with Gasteiger partial charge in [0.15, 0.2) is 0 Å². The summed E-state index contributed by atoms with van der Waals surface area (Å²) < 4.78 is 13.4. The van der Waals surface area contributed by atoms with E-state index in [1.807, 2.05) is 37.3 Å². The van der Waals surface area contributed by atoms with Gasteiger partial charge in [-0.25, -0.2) is 4.39 Å². The second-order valence-electron chi connectivity index (χ2n) is 6.22. The van der Waals surface area contributed by atoms with Gasteiger partial charge in [-0.3, -0.25) is 4.79 Å². The maximum atomic E-state index is 13.4. The van der Waals surface area contributed by atoms with Crippen LogP contribution in [0.15, 0.2) is 48.5 Å². The number of aromatic amines is 1. The van der Waals surface area contributed by atoms with Gasteiger partial charge in [0.1, 0.15) is 11.5 Å². The Balaban J connectivity index is 1.67. The van der Waals surface area contributed by atoms with Crippen LogP contribution in [0.3, 0.4) is 0 Å². The first-order valence-corrected chi connectivity index (χ1v) is 7.75. The molecule has 4 rings (SSSR count). The van der Waals surface area contributed by atoms with Crippen LogP contribution in [0.4, 0.5) is 4.39 Å². The molecule has 0 bridgehead atoms. The molecule has 0 saturated heterocycles. The molecule has 3 nitrogen and oxygen atoms in total. The molecule has 1 aliphatic carbocycles. The number of halogens is 1. The number of H-pyrrole nitrogens is 1. The highest BCUT2D eigenvalue weighted by molar-refractivity contribution is 6.01. The summed E-state index contributed by atoms with van der Waals surface area (Å²) in [7, 11) is 0. The fraction of sp³-hybridized carbons (Fsp3) is 0.211. The van der Waals surface area contributed by atoms with E-state index < -0.39 is 0 Å². The third-order valence-electron chi connectivity index (χ3n) is 4.68. The van der Waals surface area contributed by atoms with Crippen LogP contribution < -0.4 is 5.32 Å². The van der Waals surface area contributed by atoms with Crippen molar-refractivity contribution in [3.8, 4) is 0 Å². The lowest BCUT2D eigenvalue weighted by Crippen LogP contribution is -2.35. The van der Waals surface area contributed by atoms with E-state index in [9.17, 15) is 9.18 Å². The van der Waals surface area contributed by atoms with Gasteiger partial charge in [0.2, 0.25) is 0 Å². The molecule has 1 fully saturated rings. The SMILES string of the molecule is Cc1c(C(=O)NC2(c3ccccc3)CC2)[nH]c2ccc(F)cc12. The van der Waals surface area contributed by atoms with Gasteiger partial charge in [0, 0.05) is 10.9 Å². The van der Waals surface area contributed by atoms with Gasteiger partial charge in [-0.2, -0.15) is 0 Å². The Bertz CT molecular complexity index is 894. The van der Waals surface area contributed by atoms with Gasteiger partial charge < -0.3 is 10.3 Å². The number of rotatable bonds is 3. The van der Waals surface area contributed by atoms with Gasteiger partial charge in [0.25, 0.3) is 5.91 Å². The summed E-state index contributed by atoms with van der Waals surface area (Å²) in [5, 5.41) is 3.90. The van der Waals surface area contributed by atoms with E-state index in [0.29, 0.717) is 5.69 Å². The Morgan fingerprint density at radius 2 is 1.91 bits per heavy atom. The van der Waals surface area contributed by atoms with Crippen molar-refractivity contribution in [2.75, 3.05) is 0 Å². The maximum Gasteiger partial charge on any atom is 0.268 e. The summed E-state index contributed by atoms with van der Waals surface area (Å²) in [6.45, 7) is 1.84. The second kappa shape index (κ2) is 4.95. The zero-order chi connectivity index (χ0) is 16.0. The highest BCUT2D eigenvalue weighted by atomic mass is 19.1. The first kappa shape index (κ1) is 14.0. The van der Waals surface area contributed by atoms with Crippen molar-refractivity contribution in [2.24, 2.45) is 0 Å². The van der Waals surface area contributed by atoms with Gasteiger partial charge >= 0.3 is 0 Å². The lowest BCUT2D eigenvalue weighted by molar-refractivity contribution is 0.0926. The van der Waals surface area contributed by atoms with E-state index in [2.05, 4.69) is 10.3 Å². The number of carbonyl (C=O) groups excluding carboxylic acids is 1. The molecule has 1 saturated carbocycles. The van der Waals surface area contributed by atoms with Crippen molar-refractivity contribution in [3.63, 3.8) is 0 Å². The Kier molecular flexibility index (Phi) is 3.01. The molecule has 23 heavy (non-hydrogen) atoms. The molecule has 4 heteroatoms. The van der Waals surface area contributed by atoms with E-state index >= 15 is 0 Å². The molecule has 0 aliphatic heterocycles. The Labute approximate surface area is 133 Å². The van der Waals surface area contributed by atoms with Crippen LogP contribution in [0.1, 0.15) is 34.5 Å². The topological polar surface area (TPSA) is 44.9 Å². The number of benzene rings is 2. The monoisotopic (exact) mass is 308 g/mol. The minimum Gasteiger partial charge on any atom is -0.350 e. The largest absolute Gasteiger partial charge is 0.350 e. The van der Waals surface area contributed by atoms with Crippen LogP contribution in [-0.2, 0) is 5.54 Å². The standard InChI is InChI=1S/C19H17FN2O/c1-12-15-11-14(20)7-8-16(15)21-17(12)18(23)22-19(9-10-19)13-5-3-2-4-6-13/h2-8,11,21H,9-10H2,1H3,(H,22,23). The fourth-order valence-corrected chi connectivity index (χ4v) is 3.17. The summed E-state index contributed by atoms with van der Waals surface area (Å²) in [6, 6.07) is 14.5. The van der Waals surface area contributed by atoms with E-state index in [-0.39, 0.29) is 17.3 Å². The number of aryl methyl sites for hydroxylation is 1. The average Bonchev–Trinajstić information content (AvgIpc) is 3.27. The zero-order valence-corrected chi connectivity index (χ0v) is 12.8. The number of amides is 1. The van der Waals surface area contributed by atoms with E-state index in [4.69, 9.17) is 0 Å². The fourth-order valence-electron chi connectivity index (χ4n) is 3.17. The molecular formula is C19H17FN2O. The van der Waals surface area contributed by atoms with Crippen LogP contribution >= 0.6 is 0 Å². The Morgan fingerprint density at radius 1 is 1.17 bits per heavy atom. The summed E-state index contributed by atoms with van der Waals surface area (Å²) in [6.07, 6.45) is 1.88. The summed E-state index contributed by atoms with van der Waals surface area (Å²) >= 11 is 0. The van der Waals surface area contributed by atoms with E-state index in [0.717, 1.165) is 34.9 Å². The van der Waals surface area contributed by atoms with Crippen molar-refractivity contribution in [2.45, 2.75) is 25.3 Å². The summed E-state index contributed by atoms with van der Waals surface area (Å²) in [5.74, 6) is -0.435. The number of fused-ring (bicyclic) bond motifs is 1. The molecule has 2 aromatic carbocycles. The smallest absolute Gasteiger partial charge is 0.268 e. The van der Waals surface area contributed by atoms with Gasteiger partial charge in [0.05, 0.1) is 5.54 Å². The average molecular weight is 308 g/mol. The van der Waals surface area contributed by atoms with Crippen LogP contribution in [0, 0.1) is 12.7 Å². The van der Waals surface area contributed by atoms with Gasteiger partial charge in [-0.15, -0.1) is 0 Å². The van der Waals surface area contributed by atoms with Crippen molar-refractivity contribution >= 4 is 16.8 Å². The molecule has 2 N–H and O–H groups in total. The van der Waals surface area contributed by atoms with Crippen LogP contribution in [0.2, 0.25) is 0 Å². The Morgan fingerprint density at radius 3 is 2.61 bits per heavy atom. The van der Waals surface area contributed by atoms with Crippen molar-refractivity contribution < 1.29 is 9.18 Å². The molecule has 0 radical (unpaired) electrons. The van der Waals surface area contributed by atoms with E-state index in [1.54, 1.807) is 6.07 Å². The number of hydrogen-bond donors (Lipinski definition) is 2. The third kappa shape index (κ3) is 2.31. The Hall–Kier alpha value is -2.62. The highest BCUT2D eigenvalue weighted by Gasteiger charge is 2.45. The maximum absolute atomic E-state index is 13.4. The van der Waals surface area contributed by atoms with Crippen LogP contribution in [0.5, 0.6) is 0 Å². The molecule has 1 aliphatic rings. The van der Waals surface area contributed by atoms with Crippen molar-refractivity contribution in [1.82, 2.24) is 10.3 Å². The highest BCUT2D eigenvalue weighted by Crippen LogP contribution is 2.45. The predicted molar refractivity (Wildman–Crippen MR) is 87.8 cm³/mol. The lowest BCUT2D eigenvalue weighted by Gasteiger charge is -2.17. The summed E-state index contributed by atoms with van der Waals surface area (Å²) in [5.41, 5.74) is 2.94. The number of carbonyl (C=O) groups is 1. The quantitative estimate of drug-likeness (QED) is 0.754. The minimum atomic E-state index is -0.297. The molecular weight excluding hydrogens is 291 g/mol. The molecule has 116 valence electrons. The molecule has 1 aromatic heterocycles. The van der Waals surface area contributed by atoms with Crippen LogP contribution in [0.25, 0.3) is 10.9 Å². The molecule has 0 unspecified atom stereocenters. The van der Waals surface area contributed by atoms with Crippen molar-refractivity contribution in [3.05, 3.63) is 71.2 Å². The predicted octanol–water partition coefficient (Wildman–Crippen LogP) is 4.03. The first-order valence-electron chi connectivity index (χ1n) is 7.75. The molecule has 1 amide bonds. The minimum absolute atomic E-state index is 0.138. The van der Waals surface area contributed by atoms with Gasteiger partial charge in [-0.1, -0.05) is 30.3 Å². The number of aromatic nitrogens is 1. The third-order valence-corrected chi connectivity index (χ3v) is 4.68. The molecule has 0 atom stereocenters. The lowest BCUT2D eigenvalue weighted by atomic mass is 10.0.